The van der Waals surface area contributed by atoms with Gasteiger partial charge in [-0.15, -0.1) is 11.8 Å². The van der Waals surface area contributed by atoms with Crippen molar-refractivity contribution in [2.45, 2.75) is 10.1 Å². The molecule has 7 nitrogen and oxygen atoms in total. The number of hydrogen-bond acceptors (Lipinski definition) is 5. The van der Waals surface area contributed by atoms with Crippen molar-refractivity contribution in [1.29, 1.82) is 0 Å². The standard InChI is InChI=1S/C38H29N3O4S/c42-36(28-14-5-2-6-15-28)41-34(25-30-17-10-24-45-30)37(43)39-29-20-22-31(23-21-29)46-35(27-12-3-1-4-13-27)38(44)40-33-19-9-16-26-11-7-8-18-32(26)33/h1-25,35H,(H,39,43)(H,40,44)(H,41,42)/b34-25-. The Bertz CT molecular complexity index is 1990. The zero-order valence-electron chi connectivity index (χ0n) is 24.6. The molecule has 0 aliphatic heterocycles. The highest BCUT2D eigenvalue weighted by atomic mass is 32.2. The number of carbonyl (C=O) groups is 3. The van der Waals surface area contributed by atoms with Gasteiger partial charge in [-0.2, -0.15) is 0 Å². The summed E-state index contributed by atoms with van der Waals surface area (Å²) in [5, 5.41) is 10.2. The van der Waals surface area contributed by atoms with Gasteiger partial charge in [0.25, 0.3) is 11.8 Å². The van der Waals surface area contributed by atoms with E-state index >= 15 is 0 Å². The maximum absolute atomic E-state index is 13.7. The van der Waals surface area contributed by atoms with Crippen LogP contribution in [0.4, 0.5) is 11.4 Å². The maximum atomic E-state index is 13.7. The molecule has 46 heavy (non-hydrogen) atoms. The fourth-order valence-electron chi connectivity index (χ4n) is 4.84. The van der Waals surface area contributed by atoms with Crippen LogP contribution in [0.2, 0.25) is 0 Å². The third-order valence-corrected chi connectivity index (χ3v) is 8.38. The van der Waals surface area contributed by atoms with Gasteiger partial charge in [-0.05, 0) is 65.5 Å². The monoisotopic (exact) mass is 623 g/mol. The molecule has 3 amide bonds. The predicted molar refractivity (Wildman–Crippen MR) is 183 cm³/mol. The highest BCUT2D eigenvalue weighted by Crippen LogP contribution is 2.37. The zero-order valence-corrected chi connectivity index (χ0v) is 25.4. The van der Waals surface area contributed by atoms with Gasteiger partial charge in [-0.3, -0.25) is 14.4 Å². The van der Waals surface area contributed by atoms with E-state index in [-0.39, 0.29) is 11.6 Å². The molecule has 1 unspecified atom stereocenters. The average molecular weight is 624 g/mol. The molecule has 226 valence electrons. The molecule has 0 spiro atoms. The summed E-state index contributed by atoms with van der Waals surface area (Å²) in [6, 6.07) is 42.6. The Hall–Kier alpha value is -5.86. The number of hydrogen-bond donors (Lipinski definition) is 3. The maximum Gasteiger partial charge on any atom is 0.272 e. The SMILES string of the molecule is O=C(Nc1ccc(SC(C(=O)Nc2cccc3ccccc23)c2ccccc2)cc1)/C(=C/c1ccco1)NC(=O)c1ccccc1. The van der Waals surface area contributed by atoms with Crippen LogP contribution in [0.15, 0.2) is 161 Å². The lowest BCUT2D eigenvalue weighted by atomic mass is 10.1. The number of rotatable bonds is 10. The topological polar surface area (TPSA) is 100 Å². The first-order chi connectivity index (χ1) is 22.5. The van der Waals surface area contributed by atoms with Gasteiger partial charge in [0.15, 0.2) is 0 Å². The van der Waals surface area contributed by atoms with Crippen molar-refractivity contribution in [2.24, 2.45) is 0 Å². The van der Waals surface area contributed by atoms with Gasteiger partial charge in [0.1, 0.15) is 16.7 Å². The van der Waals surface area contributed by atoms with E-state index in [1.807, 2.05) is 91.0 Å². The molecule has 0 radical (unpaired) electrons. The van der Waals surface area contributed by atoms with Crippen molar-refractivity contribution >= 4 is 57.7 Å². The molecule has 0 aliphatic rings. The van der Waals surface area contributed by atoms with Crippen molar-refractivity contribution in [2.75, 3.05) is 10.6 Å². The minimum atomic E-state index is -0.531. The average Bonchev–Trinajstić information content (AvgIpc) is 3.62. The van der Waals surface area contributed by atoms with Gasteiger partial charge in [-0.1, -0.05) is 84.9 Å². The van der Waals surface area contributed by atoms with Crippen molar-refractivity contribution in [3.8, 4) is 0 Å². The molecule has 6 aromatic rings. The number of carbonyl (C=O) groups excluding carboxylic acids is 3. The zero-order chi connectivity index (χ0) is 31.7. The molecule has 5 aromatic carbocycles. The van der Waals surface area contributed by atoms with E-state index in [4.69, 9.17) is 4.42 Å². The summed E-state index contributed by atoms with van der Waals surface area (Å²) in [6.45, 7) is 0. The lowest BCUT2D eigenvalue weighted by molar-refractivity contribution is -0.116. The normalized spacial score (nSPS) is 11.9. The molecular weight excluding hydrogens is 595 g/mol. The summed E-state index contributed by atoms with van der Waals surface area (Å²) in [7, 11) is 0. The van der Waals surface area contributed by atoms with Crippen molar-refractivity contribution in [3.63, 3.8) is 0 Å². The fraction of sp³-hybridized carbons (Fsp3) is 0.0263. The Kier molecular flexibility index (Phi) is 9.37. The molecule has 0 saturated heterocycles. The molecule has 0 aliphatic carbocycles. The van der Waals surface area contributed by atoms with E-state index in [9.17, 15) is 14.4 Å². The minimum Gasteiger partial charge on any atom is -0.465 e. The first-order valence-electron chi connectivity index (χ1n) is 14.6. The van der Waals surface area contributed by atoms with Crippen LogP contribution in [-0.4, -0.2) is 17.7 Å². The van der Waals surface area contributed by atoms with Crippen LogP contribution in [0, 0.1) is 0 Å². The van der Waals surface area contributed by atoms with E-state index in [0.717, 1.165) is 26.9 Å². The highest BCUT2D eigenvalue weighted by Gasteiger charge is 2.23. The number of amides is 3. The van der Waals surface area contributed by atoms with Crippen LogP contribution in [0.1, 0.15) is 26.9 Å². The Morgan fingerprint density at radius 1 is 0.674 bits per heavy atom. The third kappa shape index (κ3) is 7.43. The van der Waals surface area contributed by atoms with Crippen LogP contribution in [0.25, 0.3) is 16.8 Å². The largest absolute Gasteiger partial charge is 0.465 e. The second-order valence-electron chi connectivity index (χ2n) is 10.3. The number of anilines is 2. The Balaban J connectivity index is 1.18. The van der Waals surface area contributed by atoms with Gasteiger partial charge >= 0.3 is 0 Å². The molecule has 8 heteroatoms. The van der Waals surface area contributed by atoms with E-state index < -0.39 is 17.1 Å². The molecule has 1 aromatic heterocycles. The summed E-state index contributed by atoms with van der Waals surface area (Å²) in [5.74, 6) is -0.669. The van der Waals surface area contributed by atoms with Crippen LogP contribution in [-0.2, 0) is 9.59 Å². The lowest BCUT2D eigenvalue weighted by Crippen LogP contribution is -2.30. The Labute approximate surface area is 270 Å². The summed E-state index contributed by atoms with van der Waals surface area (Å²) < 4.78 is 5.38. The fourth-order valence-corrected chi connectivity index (χ4v) is 5.87. The number of thioether (sulfide) groups is 1. The summed E-state index contributed by atoms with van der Waals surface area (Å²) in [4.78, 5) is 40.7. The first-order valence-corrected chi connectivity index (χ1v) is 15.4. The molecule has 1 heterocycles. The molecule has 0 bridgehead atoms. The van der Waals surface area contributed by atoms with E-state index in [1.54, 1.807) is 48.5 Å². The molecular formula is C38H29N3O4S. The van der Waals surface area contributed by atoms with Gasteiger partial charge in [-0.25, -0.2) is 0 Å². The molecule has 6 rings (SSSR count). The van der Waals surface area contributed by atoms with Crippen molar-refractivity contribution in [3.05, 3.63) is 168 Å². The van der Waals surface area contributed by atoms with Crippen molar-refractivity contribution in [1.82, 2.24) is 5.32 Å². The quantitative estimate of drug-likeness (QED) is 0.105. The van der Waals surface area contributed by atoms with Gasteiger partial charge in [0, 0.05) is 33.3 Å². The number of fused-ring (bicyclic) bond motifs is 1. The molecule has 1 atom stereocenters. The minimum absolute atomic E-state index is 0.0245. The molecule has 0 fully saturated rings. The third-order valence-electron chi connectivity index (χ3n) is 7.11. The van der Waals surface area contributed by atoms with Crippen LogP contribution in [0.5, 0.6) is 0 Å². The Morgan fingerprint density at radius 2 is 1.37 bits per heavy atom. The smallest absolute Gasteiger partial charge is 0.272 e. The molecule has 0 saturated carbocycles. The Morgan fingerprint density at radius 3 is 2.11 bits per heavy atom. The van der Waals surface area contributed by atoms with Crippen molar-refractivity contribution < 1.29 is 18.8 Å². The van der Waals surface area contributed by atoms with E-state index in [2.05, 4.69) is 16.0 Å². The number of furan rings is 1. The van der Waals surface area contributed by atoms with E-state index in [1.165, 1.54) is 24.1 Å². The summed E-state index contributed by atoms with van der Waals surface area (Å²) in [6.07, 6.45) is 2.96. The number of nitrogens with one attached hydrogen (secondary N) is 3. The second kappa shape index (κ2) is 14.3. The van der Waals surface area contributed by atoms with Crippen LogP contribution in [0.3, 0.4) is 0 Å². The van der Waals surface area contributed by atoms with Crippen LogP contribution < -0.4 is 16.0 Å². The lowest BCUT2D eigenvalue weighted by Gasteiger charge is -2.18. The van der Waals surface area contributed by atoms with Gasteiger partial charge in [0.2, 0.25) is 5.91 Å². The van der Waals surface area contributed by atoms with E-state index in [0.29, 0.717) is 17.0 Å². The summed E-state index contributed by atoms with van der Waals surface area (Å²) >= 11 is 1.41. The predicted octanol–water partition coefficient (Wildman–Crippen LogP) is 8.31. The van der Waals surface area contributed by atoms with Crippen LogP contribution >= 0.6 is 11.8 Å². The highest BCUT2D eigenvalue weighted by molar-refractivity contribution is 8.00. The first kappa shape index (κ1) is 30.2. The molecule has 3 N–H and O–H groups in total. The van der Waals surface area contributed by atoms with Gasteiger partial charge in [0.05, 0.1) is 6.26 Å². The number of benzene rings is 5. The summed E-state index contributed by atoms with van der Waals surface area (Å²) in [5.41, 5.74) is 2.58. The second-order valence-corrected chi connectivity index (χ2v) is 11.5. The van der Waals surface area contributed by atoms with Gasteiger partial charge < -0.3 is 20.4 Å².